The number of likely N-dealkylation sites (tertiary alicyclic amines) is 1. The van der Waals surface area contributed by atoms with Crippen LogP contribution in [-0.4, -0.2) is 71.1 Å². The van der Waals surface area contributed by atoms with E-state index in [0.717, 1.165) is 38.9 Å². The molecule has 0 aliphatic carbocycles. The van der Waals surface area contributed by atoms with Crippen LogP contribution < -0.4 is 5.32 Å². The van der Waals surface area contributed by atoms with Gasteiger partial charge in [0.2, 0.25) is 5.91 Å². The van der Waals surface area contributed by atoms with Crippen molar-refractivity contribution in [2.75, 3.05) is 32.7 Å². The lowest BCUT2D eigenvalue weighted by Gasteiger charge is -2.37. The van der Waals surface area contributed by atoms with E-state index in [4.69, 9.17) is 5.11 Å². The standard InChI is InChI=1S/C16H31N3O3/c1-5-16(3,4)17-14(20)11-18-9-7-13(8-10-18)19(6-2)12-15(21)22/h13H,5-12H2,1-4H3,(H,17,20)(H,21,22). The van der Waals surface area contributed by atoms with Gasteiger partial charge in [0.15, 0.2) is 0 Å². The van der Waals surface area contributed by atoms with Gasteiger partial charge in [0.05, 0.1) is 13.1 Å². The summed E-state index contributed by atoms with van der Waals surface area (Å²) in [5, 5.41) is 12.0. The van der Waals surface area contributed by atoms with Crippen molar-refractivity contribution >= 4 is 11.9 Å². The molecule has 0 aromatic carbocycles. The van der Waals surface area contributed by atoms with E-state index in [2.05, 4.69) is 17.1 Å². The van der Waals surface area contributed by atoms with Gasteiger partial charge in [-0.25, -0.2) is 0 Å². The molecule has 0 unspecified atom stereocenters. The van der Waals surface area contributed by atoms with Crippen LogP contribution in [-0.2, 0) is 9.59 Å². The van der Waals surface area contributed by atoms with Crippen molar-refractivity contribution in [3.8, 4) is 0 Å². The Labute approximate surface area is 133 Å². The fourth-order valence-corrected chi connectivity index (χ4v) is 2.82. The quantitative estimate of drug-likeness (QED) is 0.703. The maximum Gasteiger partial charge on any atom is 0.317 e. The number of carboxylic acids is 1. The summed E-state index contributed by atoms with van der Waals surface area (Å²) in [5.74, 6) is -0.700. The highest BCUT2D eigenvalue weighted by atomic mass is 16.4. The Morgan fingerprint density at radius 1 is 1.27 bits per heavy atom. The van der Waals surface area contributed by atoms with Crippen molar-refractivity contribution in [1.82, 2.24) is 15.1 Å². The zero-order valence-corrected chi connectivity index (χ0v) is 14.4. The van der Waals surface area contributed by atoms with E-state index in [-0.39, 0.29) is 18.0 Å². The molecule has 0 aromatic heterocycles. The van der Waals surface area contributed by atoms with Gasteiger partial charge in [-0.15, -0.1) is 0 Å². The lowest BCUT2D eigenvalue weighted by molar-refractivity contribution is -0.139. The van der Waals surface area contributed by atoms with E-state index < -0.39 is 5.97 Å². The van der Waals surface area contributed by atoms with Crippen molar-refractivity contribution in [3.63, 3.8) is 0 Å². The Bertz CT molecular complexity index is 377. The molecular weight excluding hydrogens is 282 g/mol. The molecule has 0 radical (unpaired) electrons. The molecule has 1 amide bonds. The minimum absolute atomic E-state index is 0.0724. The lowest BCUT2D eigenvalue weighted by Crippen LogP contribution is -2.51. The Kier molecular flexibility index (Phi) is 7.29. The van der Waals surface area contributed by atoms with Crippen molar-refractivity contribution < 1.29 is 14.7 Å². The monoisotopic (exact) mass is 313 g/mol. The van der Waals surface area contributed by atoms with Crippen molar-refractivity contribution in [2.45, 2.75) is 58.5 Å². The molecule has 0 atom stereocenters. The average molecular weight is 313 g/mol. The van der Waals surface area contributed by atoms with Crippen molar-refractivity contribution in [3.05, 3.63) is 0 Å². The van der Waals surface area contributed by atoms with Gasteiger partial charge in [-0.05, 0) is 39.7 Å². The van der Waals surface area contributed by atoms with Crippen LogP contribution in [0, 0.1) is 0 Å². The number of nitrogens with one attached hydrogen (secondary N) is 1. The number of likely N-dealkylation sites (N-methyl/N-ethyl adjacent to an activating group) is 1. The summed E-state index contributed by atoms with van der Waals surface area (Å²) < 4.78 is 0. The Morgan fingerprint density at radius 3 is 2.32 bits per heavy atom. The molecule has 6 heteroatoms. The van der Waals surface area contributed by atoms with E-state index in [1.807, 2.05) is 25.7 Å². The summed E-state index contributed by atoms with van der Waals surface area (Å²) in [6, 6.07) is 0.312. The number of hydrogen-bond acceptors (Lipinski definition) is 4. The minimum atomic E-state index is -0.773. The second kappa shape index (κ2) is 8.48. The minimum Gasteiger partial charge on any atom is -0.480 e. The fourth-order valence-electron chi connectivity index (χ4n) is 2.82. The summed E-state index contributed by atoms with van der Waals surface area (Å²) in [4.78, 5) is 27.1. The van der Waals surface area contributed by atoms with Gasteiger partial charge < -0.3 is 10.4 Å². The maximum absolute atomic E-state index is 12.1. The van der Waals surface area contributed by atoms with Crippen LogP contribution in [0.4, 0.5) is 0 Å². The summed E-state index contributed by atoms with van der Waals surface area (Å²) in [5.41, 5.74) is -0.157. The molecule has 1 aliphatic rings. The number of carbonyl (C=O) groups excluding carboxylic acids is 1. The number of aliphatic carboxylic acids is 1. The highest BCUT2D eigenvalue weighted by Crippen LogP contribution is 2.16. The van der Waals surface area contributed by atoms with Gasteiger partial charge in [0, 0.05) is 24.7 Å². The van der Waals surface area contributed by atoms with Crippen LogP contribution in [0.25, 0.3) is 0 Å². The number of hydrogen-bond donors (Lipinski definition) is 2. The molecule has 2 N–H and O–H groups in total. The zero-order chi connectivity index (χ0) is 16.8. The third kappa shape index (κ3) is 6.32. The van der Waals surface area contributed by atoms with Crippen molar-refractivity contribution in [1.29, 1.82) is 0 Å². The molecule has 1 aliphatic heterocycles. The first kappa shape index (κ1) is 18.9. The molecule has 0 aromatic rings. The second-order valence-electron chi connectivity index (χ2n) is 6.75. The van der Waals surface area contributed by atoms with Crippen LogP contribution >= 0.6 is 0 Å². The van der Waals surface area contributed by atoms with Gasteiger partial charge in [0.25, 0.3) is 0 Å². The summed E-state index contributed by atoms with van der Waals surface area (Å²) in [6.45, 7) is 11.1. The smallest absolute Gasteiger partial charge is 0.317 e. The first-order valence-corrected chi connectivity index (χ1v) is 8.26. The number of rotatable bonds is 8. The number of carbonyl (C=O) groups is 2. The van der Waals surface area contributed by atoms with Crippen LogP contribution in [0.3, 0.4) is 0 Å². The van der Waals surface area contributed by atoms with Crippen LogP contribution in [0.1, 0.15) is 47.0 Å². The SMILES string of the molecule is CCN(CC(=O)O)C1CCN(CC(=O)NC(C)(C)CC)CC1. The summed E-state index contributed by atoms with van der Waals surface area (Å²) in [7, 11) is 0. The normalized spacial score (nSPS) is 17.7. The van der Waals surface area contributed by atoms with Gasteiger partial charge >= 0.3 is 5.97 Å². The first-order valence-electron chi connectivity index (χ1n) is 8.26. The van der Waals surface area contributed by atoms with Gasteiger partial charge in [-0.1, -0.05) is 13.8 Å². The number of nitrogens with zero attached hydrogens (tertiary/aromatic N) is 2. The van der Waals surface area contributed by atoms with Crippen LogP contribution in [0.15, 0.2) is 0 Å². The van der Waals surface area contributed by atoms with Gasteiger partial charge in [-0.2, -0.15) is 0 Å². The predicted octanol–water partition coefficient (Wildman–Crippen LogP) is 1.16. The molecular formula is C16H31N3O3. The summed E-state index contributed by atoms with van der Waals surface area (Å²) >= 11 is 0. The Morgan fingerprint density at radius 2 is 1.86 bits per heavy atom. The molecule has 1 rings (SSSR count). The molecule has 1 fully saturated rings. The highest BCUT2D eigenvalue weighted by Gasteiger charge is 2.26. The average Bonchev–Trinajstić information content (AvgIpc) is 2.45. The zero-order valence-electron chi connectivity index (χ0n) is 14.4. The van der Waals surface area contributed by atoms with E-state index in [9.17, 15) is 9.59 Å². The second-order valence-corrected chi connectivity index (χ2v) is 6.75. The largest absolute Gasteiger partial charge is 0.480 e. The number of amides is 1. The third-order valence-corrected chi connectivity index (χ3v) is 4.55. The predicted molar refractivity (Wildman–Crippen MR) is 86.9 cm³/mol. The Hall–Kier alpha value is -1.14. The highest BCUT2D eigenvalue weighted by molar-refractivity contribution is 5.78. The molecule has 0 spiro atoms. The topological polar surface area (TPSA) is 72.9 Å². The number of piperidine rings is 1. The van der Waals surface area contributed by atoms with E-state index in [1.54, 1.807) is 0 Å². The Balaban J connectivity index is 2.39. The molecule has 1 heterocycles. The van der Waals surface area contributed by atoms with E-state index in [0.29, 0.717) is 12.6 Å². The molecule has 6 nitrogen and oxygen atoms in total. The molecule has 22 heavy (non-hydrogen) atoms. The number of carboxylic acid groups (broad SMARTS) is 1. The summed E-state index contributed by atoms with van der Waals surface area (Å²) in [6.07, 6.45) is 2.75. The van der Waals surface area contributed by atoms with Gasteiger partial charge in [-0.3, -0.25) is 19.4 Å². The van der Waals surface area contributed by atoms with E-state index in [1.165, 1.54) is 0 Å². The molecule has 1 saturated heterocycles. The third-order valence-electron chi connectivity index (χ3n) is 4.55. The molecule has 128 valence electrons. The molecule has 0 bridgehead atoms. The van der Waals surface area contributed by atoms with Crippen molar-refractivity contribution in [2.24, 2.45) is 0 Å². The lowest BCUT2D eigenvalue weighted by atomic mass is 10.0. The fraction of sp³-hybridized carbons (Fsp3) is 0.875. The van der Waals surface area contributed by atoms with E-state index >= 15 is 0 Å². The first-order chi connectivity index (χ1) is 10.3. The maximum atomic E-state index is 12.1. The van der Waals surface area contributed by atoms with Crippen LogP contribution in [0.2, 0.25) is 0 Å². The molecule has 0 saturated carbocycles. The van der Waals surface area contributed by atoms with Gasteiger partial charge in [0.1, 0.15) is 0 Å². The van der Waals surface area contributed by atoms with Crippen LogP contribution in [0.5, 0.6) is 0 Å².